The number of carbonyl (C=O) groups excluding carboxylic acids is 1. The second-order valence-corrected chi connectivity index (χ2v) is 6.63. The van der Waals surface area contributed by atoms with E-state index < -0.39 is 11.7 Å². The standard InChI is InChI=1S/C21H25N3O2/c1-21(2,3)26-20(25)23-18-11-7-5-4-6-8-15-24-16-10-13-19(24)17-22-14-9-12-18/h4-14,16-17H,15H2,1-3H3,(H,23,25). The second-order valence-electron chi connectivity index (χ2n) is 6.63. The van der Waals surface area contributed by atoms with Crippen molar-refractivity contribution in [3.8, 4) is 0 Å². The second kappa shape index (κ2) is 9.42. The van der Waals surface area contributed by atoms with Crippen LogP contribution in [0.4, 0.5) is 4.79 Å². The number of fused-ring (bicyclic) bond motifs is 1. The van der Waals surface area contributed by atoms with Gasteiger partial charge in [-0.15, -0.1) is 0 Å². The molecule has 1 aliphatic rings. The van der Waals surface area contributed by atoms with E-state index in [2.05, 4.69) is 21.0 Å². The van der Waals surface area contributed by atoms with Gasteiger partial charge in [-0.3, -0.25) is 10.3 Å². The van der Waals surface area contributed by atoms with Gasteiger partial charge < -0.3 is 9.30 Å². The van der Waals surface area contributed by atoms with Crippen molar-refractivity contribution in [1.82, 2.24) is 9.88 Å². The summed E-state index contributed by atoms with van der Waals surface area (Å²) in [6.45, 7) is 6.25. The number of aliphatic imine (C=N–C) groups is 1. The van der Waals surface area contributed by atoms with Gasteiger partial charge in [0.2, 0.25) is 0 Å². The lowest BCUT2D eigenvalue weighted by Crippen LogP contribution is -2.31. The summed E-state index contributed by atoms with van der Waals surface area (Å²) >= 11 is 0. The van der Waals surface area contributed by atoms with Crippen LogP contribution in [0.15, 0.2) is 83.8 Å². The van der Waals surface area contributed by atoms with Crippen LogP contribution in [0.3, 0.4) is 0 Å². The van der Waals surface area contributed by atoms with E-state index in [0.717, 1.165) is 12.2 Å². The number of ether oxygens (including phenoxy) is 1. The molecule has 0 spiro atoms. The van der Waals surface area contributed by atoms with Crippen LogP contribution in [-0.2, 0) is 11.3 Å². The molecule has 0 bridgehead atoms. The molecule has 1 amide bonds. The largest absolute Gasteiger partial charge is 0.444 e. The average Bonchev–Trinajstić information content (AvgIpc) is 2.98. The monoisotopic (exact) mass is 351 g/mol. The number of carbonyl (C=O) groups is 1. The molecule has 26 heavy (non-hydrogen) atoms. The fraction of sp³-hybridized carbons (Fsp3) is 0.238. The number of aromatic nitrogens is 1. The Balaban J connectivity index is 2.17. The molecule has 1 N–H and O–H groups in total. The van der Waals surface area contributed by atoms with E-state index in [0.29, 0.717) is 5.70 Å². The van der Waals surface area contributed by atoms with Gasteiger partial charge in [0.1, 0.15) is 5.60 Å². The first-order valence-corrected chi connectivity index (χ1v) is 8.49. The fourth-order valence-corrected chi connectivity index (χ4v) is 2.13. The Morgan fingerprint density at radius 2 is 2.00 bits per heavy atom. The Kier molecular flexibility index (Phi) is 6.97. The number of alkyl carbamates (subject to hydrolysis) is 1. The van der Waals surface area contributed by atoms with Gasteiger partial charge in [0, 0.05) is 24.6 Å². The maximum Gasteiger partial charge on any atom is 0.412 e. The number of amides is 1. The molecule has 0 saturated heterocycles. The highest BCUT2D eigenvalue weighted by Crippen LogP contribution is 2.08. The minimum atomic E-state index is -0.548. The Bertz CT molecular complexity index is 784. The minimum Gasteiger partial charge on any atom is -0.444 e. The lowest BCUT2D eigenvalue weighted by Gasteiger charge is -2.19. The summed E-state index contributed by atoms with van der Waals surface area (Å²) in [5.74, 6) is 0. The summed E-state index contributed by atoms with van der Waals surface area (Å²) in [5, 5.41) is 2.73. The maximum absolute atomic E-state index is 12.0. The van der Waals surface area contributed by atoms with Gasteiger partial charge in [-0.05, 0) is 51.1 Å². The molecule has 5 nitrogen and oxygen atoms in total. The Morgan fingerprint density at radius 3 is 2.81 bits per heavy atom. The number of allylic oxidation sites excluding steroid dienone is 8. The van der Waals surface area contributed by atoms with Crippen LogP contribution in [0.5, 0.6) is 0 Å². The van der Waals surface area contributed by atoms with Gasteiger partial charge in [-0.25, -0.2) is 4.79 Å². The lowest BCUT2D eigenvalue weighted by molar-refractivity contribution is 0.0548. The van der Waals surface area contributed by atoms with Crippen molar-refractivity contribution in [3.63, 3.8) is 0 Å². The van der Waals surface area contributed by atoms with Crippen LogP contribution in [0.25, 0.3) is 0 Å². The van der Waals surface area contributed by atoms with Gasteiger partial charge in [-0.2, -0.15) is 0 Å². The van der Waals surface area contributed by atoms with E-state index in [1.807, 2.05) is 63.4 Å². The Hall–Kier alpha value is -3.08. The average molecular weight is 351 g/mol. The van der Waals surface area contributed by atoms with Gasteiger partial charge in [0.15, 0.2) is 0 Å². The van der Waals surface area contributed by atoms with Crippen LogP contribution in [-0.4, -0.2) is 22.5 Å². The first-order chi connectivity index (χ1) is 12.4. The highest BCUT2D eigenvalue weighted by atomic mass is 16.6. The number of rotatable bonds is 1. The van der Waals surface area contributed by atoms with Crippen molar-refractivity contribution in [2.24, 2.45) is 4.99 Å². The third kappa shape index (κ3) is 7.21. The van der Waals surface area contributed by atoms with Crippen LogP contribution in [0.2, 0.25) is 0 Å². The topological polar surface area (TPSA) is 55.6 Å². The zero-order valence-corrected chi connectivity index (χ0v) is 15.4. The van der Waals surface area contributed by atoms with Gasteiger partial charge >= 0.3 is 6.09 Å². The Morgan fingerprint density at radius 1 is 1.19 bits per heavy atom. The van der Waals surface area contributed by atoms with Crippen LogP contribution in [0.1, 0.15) is 26.5 Å². The fourth-order valence-electron chi connectivity index (χ4n) is 2.13. The third-order valence-electron chi connectivity index (χ3n) is 3.21. The van der Waals surface area contributed by atoms with Gasteiger partial charge in [0.25, 0.3) is 0 Å². The molecule has 0 atom stereocenters. The molecule has 0 radical (unpaired) electrons. The molecule has 0 fully saturated rings. The normalized spacial score (nSPS) is 15.0. The molecule has 0 unspecified atom stereocenters. The van der Waals surface area contributed by atoms with Crippen molar-refractivity contribution < 1.29 is 9.53 Å². The molecule has 2 heterocycles. The number of nitrogens with one attached hydrogen (secondary N) is 1. The molecule has 0 aromatic carbocycles. The van der Waals surface area contributed by atoms with E-state index in [1.54, 1.807) is 30.6 Å². The molecule has 1 aromatic heterocycles. The molecule has 0 saturated carbocycles. The summed E-state index contributed by atoms with van der Waals surface area (Å²) in [4.78, 5) is 16.3. The van der Waals surface area contributed by atoms with Crippen molar-refractivity contribution in [2.45, 2.75) is 32.9 Å². The number of hydrogen-bond donors (Lipinski definition) is 1. The molecular weight excluding hydrogens is 326 g/mol. The summed E-state index contributed by atoms with van der Waals surface area (Å²) in [6, 6.07) is 4.00. The summed E-state index contributed by atoms with van der Waals surface area (Å²) in [6.07, 6.45) is 20.0. The summed E-state index contributed by atoms with van der Waals surface area (Å²) < 4.78 is 7.39. The third-order valence-corrected chi connectivity index (χ3v) is 3.21. The highest BCUT2D eigenvalue weighted by molar-refractivity contribution is 5.78. The number of nitrogens with zero attached hydrogens (tertiary/aromatic N) is 2. The first kappa shape index (κ1) is 19.2. The predicted octanol–water partition coefficient (Wildman–Crippen LogP) is 4.51. The molecule has 1 aliphatic heterocycles. The highest BCUT2D eigenvalue weighted by Gasteiger charge is 2.16. The lowest BCUT2D eigenvalue weighted by atomic mass is 10.2. The molecule has 1 aromatic rings. The predicted molar refractivity (Wildman–Crippen MR) is 106 cm³/mol. The van der Waals surface area contributed by atoms with E-state index >= 15 is 0 Å². The minimum absolute atomic E-state index is 0.495. The SMILES string of the molecule is CC(C)(C)OC(=O)NC1=CC=CN=Cc2cccn2CC=CC=CC=C1. The number of hydrogen-bond acceptors (Lipinski definition) is 3. The van der Waals surface area contributed by atoms with Crippen molar-refractivity contribution in [3.05, 3.63) is 84.5 Å². The summed E-state index contributed by atoms with van der Waals surface area (Å²) in [7, 11) is 0. The first-order valence-electron chi connectivity index (χ1n) is 8.49. The van der Waals surface area contributed by atoms with Crippen LogP contribution < -0.4 is 5.32 Å². The Labute approximate surface area is 154 Å². The molecular formula is C21H25N3O2. The van der Waals surface area contributed by atoms with E-state index in [-0.39, 0.29) is 0 Å². The van der Waals surface area contributed by atoms with Gasteiger partial charge in [-0.1, -0.05) is 30.4 Å². The van der Waals surface area contributed by atoms with Crippen molar-refractivity contribution >= 4 is 12.3 Å². The van der Waals surface area contributed by atoms with Crippen LogP contribution in [0, 0.1) is 0 Å². The molecule has 2 rings (SSSR count). The van der Waals surface area contributed by atoms with Crippen LogP contribution >= 0.6 is 0 Å². The van der Waals surface area contributed by atoms with E-state index in [4.69, 9.17) is 4.74 Å². The van der Waals surface area contributed by atoms with Crippen molar-refractivity contribution in [1.29, 1.82) is 0 Å². The van der Waals surface area contributed by atoms with E-state index in [9.17, 15) is 4.79 Å². The maximum atomic E-state index is 12.0. The molecule has 0 aliphatic carbocycles. The smallest absolute Gasteiger partial charge is 0.412 e. The summed E-state index contributed by atoms with van der Waals surface area (Å²) in [5.41, 5.74) is 1.08. The van der Waals surface area contributed by atoms with Gasteiger partial charge in [0.05, 0.1) is 11.9 Å². The quantitative estimate of drug-likeness (QED) is 0.809. The zero-order chi connectivity index (χ0) is 18.8. The zero-order valence-electron chi connectivity index (χ0n) is 15.4. The molecule has 5 heteroatoms. The van der Waals surface area contributed by atoms with Crippen molar-refractivity contribution in [2.75, 3.05) is 0 Å². The molecule has 136 valence electrons. The van der Waals surface area contributed by atoms with E-state index in [1.165, 1.54) is 0 Å².